The highest BCUT2D eigenvalue weighted by Gasteiger charge is 2.53. The molecular weight excluding hydrogens is 467 g/mol. The van der Waals surface area contributed by atoms with E-state index in [2.05, 4.69) is 22.8 Å². The molecule has 0 radical (unpaired) electrons. The van der Waals surface area contributed by atoms with Crippen LogP contribution in [0.2, 0.25) is 0 Å². The first kappa shape index (κ1) is 24.4. The van der Waals surface area contributed by atoms with E-state index in [1.807, 2.05) is 0 Å². The molecule has 2 aromatic rings. The highest BCUT2D eigenvalue weighted by Crippen LogP contribution is 2.36. The maximum atomic E-state index is 13.1. The Hall–Kier alpha value is -3.70. The molecular formula is C23H24F3N5O4. The lowest BCUT2D eigenvalue weighted by Crippen LogP contribution is -2.52. The number of Topliss-reactive ketones (excluding diaryl/α,β-unsaturated/α-hetero) is 1. The van der Waals surface area contributed by atoms with Crippen molar-refractivity contribution in [2.45, 2.75) is 58.2 Å². The molecule has 1 aromatic carbocycles. The number of imide groups is 1. The molecule has 1 saturated heterocycles. The Morgan fingerprint density at radius 3 is 2.46 bits per heavy atom. The number of alkyl halides is 3. The van der Waals surface area contributed by atoms with Gasteiger partial charge in [-0.3, -0.25) is 14.4 Å². The van der Waals surface area contributed by atoms with E-state index in [-0.39, 0.29) is 22.6 Å². The van der Waals surface area contributed by atoms with Gasteiger partial charge in [-0.05, 0) is 63.6 Å². The van der Waals surface area contributed by atoms with E-state index in [9.17, 15) is 32.3 Å². The van der Waals surface area contributed by atoms with Crippen molar-refractivity contribution in [2.75, 3.05) is 0 Å². The Labute approximate surface area is 198 Å². The van der Waals surface area contributed by atoms with Crippen LogP contribution in [0.25, 0.3) is 5.69 Å². The minimum Gasteiger partial charge on any atom is -0.322 e. The largest absolute Gasteiger partial charge is 0.416 e. The van der Waals surface area contributed by atoms with Crippen molar-refractivity contribution in [2.24, 2.45) is 5.92 Å². The van der Waals surface area contributed by atoms with Crippen LogP contribution in [0.3, 0.4) is 0 Å². The van der Waals surface area contributed by atoms with Crippen LogP contribution in [-0.4, -0.2) is 44.0 Å². The molecule has 0 bridgehead atoms. The van der Waals surface area contributed by atoms with E-state index in [1.54, 1.807) is 0 Å². The molecule has 1 aromatic heterocycles. The third-order valence-electron chi connectivity index (χ3n) is 6.65. The molecule has 1 aliphatic heterocycles. The third-order valence-corrected chi connectivity index (χ3v) is 6.65. The quantitative estimate of drug-likeness (QED) is 0.387. The predicted octanol–water partition coefficient (Wildman–Crippen LogP) is 3.22. The van der Waals surface area contributed by atoms with Crippen LogP contribution < -0.4 is 10.7 Å². The van der Waals surface area contributed by atoms with Crippen LogP contribution in [0.1, 0.15) is 59.9 Å². The van der Waals surface area contributed by atoms with Gasteiger partial charge in [0.2, 0.25) is 0 Å². The second-order valence-electron chi connectivity index (χ2n) is 9.11. The van der Waals surface area contributed by atoms with Crippen molar-refractivity contribution < 1.29 is 32.3 Å². The molecule has 1 aliphatic carbocycles. The second kappa shape index (κ2) is 8.51. The highest BCUT2D eigenvalue weighted by atomic mass is 19.4. The van der Waals surface area contributed by atoms with Gasteiger partial charge in [0.15, 0.2) is 0 Å². The summed E-state index contributed by atoms with van der Waals surface area (Å²) in [6.45, 7) is 4.92. The number of hydrogen-bond donors (Lipinski definition) is 2. The number of ketones is 1. The summed E-state index contributed by atoms with van der Waals surface area (Å²) in [5.41, 5.74) is 0.270. The number of urea groups is 1. The molecule has 2 aliphatic rings. The minimum absolute atomic E-state index is 0.0578. The zero-order chi connectivity index (χ0) is 25.7. The standard InChI is InChI=1S/C23H24F3N5O4/c1-12-7-9-22(10-8-12)20(34)31(21(35)27-22)29-19(33)18(32)17-13(2)28-30(14(17)3)16-6-4-5-15(11-16)23(24,25)26/h4-6,11-12H,7-10H2,1-3H3,(H,27,35)(H,29,33). The average Bonchev–Trinajstić information content (AvgIpc) is 3.22. The molecule has 1 spiro atoms. The second-order valence-corrected chi connectivity index (χ2v) is 9.11. The summed E-state index contributed by atoms with van der Waals surface area (Å²) in [5.74, 6) is -2.51. The Kier molecular flexibility index (Phi) is 5.94. The van der Waals surface area contributed by atoms with Crippen molar-refractivity contribution >= 4 is 23.6 Å². The van der Waals surface area contributed by atoms with Crippen LogP contribution in [0.4, 0.5) is 18.0 Å². The molecule has 9 nitrogen and oxygen atoms in total. The number of carbonyl (C=O) groups excluding carboxylic acids is 4. The van der Waals surface area contributed by atoms with Gasteiger partial charge in [0, 0.05) is 0 Å². The number of halogens is 3. The van der Waals surface area contributed by atoms with Crippen LogP contribution >= 0.6 is 0 Å². The molecule has 2 N–H and O–H groups in total. The molecule has 4 rings (SSSR count). The smallest absolute Gasteiger partial charge is 0.322 e. The fraction of sp³-hybridized carbons (Fsp3) is 0.435. The van der Waals surface area contributed by atoms with Crippen LogP contribution in [-0.2, 0) is 15.8 Å². The number of nitrogens with zero attached hydrogens (tertiary/aromatic N) is 3. The van der Waals surface area contributed by atoms with Crippen LogP contribution in [0, 0.1) is 19.8 Å². The lowest BCUT2D eigenvalue weighted by molar-refractivity contribution is -0.138. The number of nitrogens with one attached hydrogen (secondary N) is 2. The van der Waals surface area contributed by atoms with Crippen molar-refractivity contribution in [3.05, 3.63) is 46.8 Å². The molecule has 2 heterocycles. The molecule has 35 heavy (non-hydrogen) atoms. The summed E-state index contributed by atoms with van der Waals surface area (Å²) < 4.78 is 40.5. The average molecular weight is 491 g/mol. The topological polar surface area (TPSA) is 113 Å². The predicted molar refractivity (Wildman–Crippen MR) is 116 cm³/mol. The summed E-state index contributed by atoms with van der Waals surface area (Å²) >= 11 is 0. The zero-order valence-corrected chi connectivity index (χ0v) is 19.3. The molecule has 0 unspecified atom stereocenters. The Morgan fingerprint density at radius 1 is 1.17 bits per heavy atom. The molecule has 12 heteroatoms. The number of amides is 4. The Balaban J connectivity index is 1.56. The maximum absolute atomic E-state index is 13.1. The van der Waals surface area contributed by atoms with Gasteiger partial charge in [0.1, 0.15) is 5.54 Å². The van der Waals surface area contributed by atoms with Crippen molar-refractivity contribution in [1.29, 1.82) is 0 Å². The van der Waals surface area contributed by atoms with Crippen LogP contribution in [0.5, 0.6) is 0 Å². The molecule has 0 atom stereocenters. The monoisotopic (exact) mass is 491 g/mol. The van der Waals surface area contributed by atoms with E-state index >= 15 is 0 Å². The van der Waals surface area contributed by atoms with Crippen molar-refractivity contribution in [3.63, 3.8) is 0 Å². The fourth-order valence-electron chi connectivity index (χ4n) is 4.62. The minimum atomic E-state index is -4.57. The first-order valence-corrected chi connectivity index (χ1v) is 11.1. The molecule has 4 amide bonds. The van der Waals surface area contributed by atoms with Gasteiger partial charge in [0.05, 0.1) is 28.2 Å². The molecule has 1 saturated carbocycles. The number of benzene rings is 1. The van der Waals surface area contributed by atoms with Gasteiger partial charge in [-0.2, -0.15) is 23.3 Å². The van der Waals surface area contributed by atoms with Gasteiger partial charge >= 0.3 is 18.1 Å². The zero-order valence-electron chi connectivity index (χ0n) is 19.3. The SMILES string of the molecule is Cc1nn(-c2cccc(C(F)(F)F)c2)c(C)c1C(=O)C(=O)NN1C(=O)NC2(CCC(C)CC2)C1=O. The van der Waals surface area contributed by atoms with E-state index in [1.165, 1.54) is 26.0 Å². The third kappa shape index (κ3) is 4.28. The number of carbonyl (C=O) groups is 4. The van der Waals surface area contributed by atoms with Gasteiger partial charge in [-0.25, -0.2) is 14.9 Å². The van der Waals surface area contributed by atoms with E-state index in [0.29, 0.717) is 23.8 Å². The number of rotatable bonds is 4. The number of hydrogen-bond acceptors (Lipinski definition) is 5. The highest BCUT2D eigenvalue weighted by molar-refractivity contribution is 6.43. The normalized spacial score (nSPS) is 22.5. The fourth-order valence-corrected chi connectivity index (χ4v) is 4.62. The summed E-state index contributed by atoms with van der Waals surface area (Å²) in [6.07, 6.45) is -2.23. The molecule has 2 fully saturated rings. The maximum Gasteiger partial charge on any atom is 0.416 e. The van der Waals surface area contributed by atoms with E-state index in [0.717, 1.165) is 29.7 Å². The first-order chi connectivity index (χ1) is 16.3. The van der Waals surface area contributed by atoms with Gasteiger partial charge < -0.3 is 5.32 Å². The molecule has 186 valence electrons. The lowest BCUT2D eigenvalue weighted by Gasteiger charge is -2.33. The number of aromatic nitrogens is 2. The number of hydrazine groups is 1. The lowest BCUT2D eigenvalue weighted by atomic mass is 9.77. The Bertz CT molecular complexity index is 1230. The van der Waals surface area contributed by atoms with Gasteiger partial charge in [-0.15, -0.1) is 0 Å². The van der Waals surface area contributed by atoms with E-state index < -0.39 is 40.9 Å². The first-order valence-electron chi connectivity index (χ1n) is 11.1. The van der Waals surface area contributed by atoms with Gasteiger partial charge in [0.25, 0.3) is 11.7 Å². The summed E-state index contributed by atoms with van der Waals surface area (Å²) in [5, 5.41) is 7.30. The summed E-state index contributed by atoms with van der Waals surface area (Å²) in [7, 11) is 0. The number of aryl methyl sites for hydroxylation is 1. The van der Waals surface area contributed by atoms with E-state index in [4.69, 9.17) is 0 Å². The summed E-state index contributed by atoms with van der Waals surface area (Å²) in [6, 6.07) is 3.57. The van der Waals surface area contributed by atoms with Crippen molar-refractivity contribution in [3.8, 4) is 5.69 Å². The van der Waals surface area contributed by atoms with Gasteiger partial charge in [-0.1, -0.05) is 13.0 Å². The Morgan fingerprint density at radius 2 is 1.83 bits per heavy atom. The van der Waals surface area contributed by atoms with Crippen LogP contribution in [0.15, 0.2) is 24.3 Å². The summed E-state index contributed by atoms with van der Waals surface area (Å²) in [4.78, 5) is 51.1. The van der Waals surface area contributed by atoms with Crippen molar-refractivity contribution in [1.82, 2.24) is 25.5 Å².